The number of hydrogen-bond acceptors (Lipinski definition) is 7. The van der Waals surface area contributed by atoms with Gasteiger partial charge < -0.3 is 15.2 Å². The zero-order valence-corrected chi connectivity index (χ0v) is 22.1. The van der Waals surface area contributed by atoms with Gasteiger partial charge in [0.1, 0.15) is 5.82 Å². The van der Waals surface area contributed by atoms with Gasteiger partial charge in [-0.05, 0) is 74.9 Å². The van der Waals surface area contributed by atoms with Gasteiger partial charge in [0.15, 0.2) is 11.6 Å². The number of fused-ring (bicyclic) bond motifs is 2. The number of nitrogens with zero attached hydrogens (tertiary/aromatic N) is 6. The van der Waals surface area contributed by atoms with Crippen LogP contribution in [0.25, 0.3) is 33.2 Å². The Morgan fingerprint density at radius 1 is 1.02 bits per heavy atom. The number of ketones is 1. The van der Waals surface area contributed by atoms with Crippen LogP contribution >= 0.6 is 0 Å². The van der Waals surface area contributed by atoms with Crippen molar-refractivity contribution >= 4 is 39.1 Å². The molecule has 40 heavy (non-hydrogen) atoms. The maximum Gasteiger partial charge on any atom is 0.183 e. The van der Waals surface area contributed by atoms with E-state index in [1.165, 1.54) is 0 Å². The molecule has 1 saturated heterocycles. The van der Waals surface area contributed by atoms with Crippen LogP contribution in [0.4, 0.5) is 11.5 Å². The Kier molecular flexibility index (Phi) is 6.09. The van der Waals surface area contributed by atoms with Gasteiger partial charge in [-0.1, -0.05) is 12.1 Å². The van der Waals surface area contributed by atoms with Crippen molar-refractivity contribution in [3.8, 4) is 11.4 Å². The summed E-state index contributed by atoms with van der Waals surface area (Å²) in [5.74, 6) is 1.33. The van der Waals surface area contributed by atoms with Gasteiger partial charge in [0.05, 0.1) is 29.6 Å². The highest BCUT2D eigenvalue weighted by atomic mass is 16.1. The first kappa shape index (κ1) is 24.2. The van der Waals surface area contributed by atoms with Crippen LogP contribution in [-0.2, 0) is 6.42 Å². The normalized spacial score (nSPS) is 14.7. The summed E-state index contributed by atoms with van der Waals surface area (Å²) in [7, 11) is 2.15. The molecule has 200 valence electrons. The number of aromatic nitrogens is 7. The van der Waals surface area contributed by atoms with Crippen molar-refractivity contribution in [3.63, 3.8) is 0 Å². The van der Waals surface area contributed by atoms with Crippen molar-refractivity contribution in [2.75, 3.05) is 25.5 Å². The molecule has 3 N–H and O–H groups in total. The summed E-state index contributed by atoms with van der Waals surface area (Å²) < 4.78 is 2.03. The standard InChI is InChI=1S/C30H29N9O/c1-38-10-7-24(8-11-38)39-18-19(16-33-39)12-28(40)27-14-20-2-3-21(15-26(20)35-27)30-31-9-6-29(36-30)34-23-4-5-25-22(13-23)17-32-37-25/h2-6,9,13-18,24,35H,7-8,10-12H2,1H3,(H,32,37)(H,31,34,36). The molecule has 0 atom stereocenters. The number of aromatic amines is 2. The second kappa shape index (κ2) is 10.0. The summed E-state index contributed by atoms with van der Waals surface area (Å²) >= 11 is 0. The maximum absolute atomic E-state index is 13.1. The number of carbonyl (C=O) groups is 1. The molecule has 2 aromatic carbocycles. The molecule has 1 fully saturated rings. The summed E-state index contributed by atoms with van der Waals surface area (Å²) in [5, 5.41) is 16.9. The van der Waals surface area contributed by atoms with E-state index >= 15 is 0 Å². The van der Waals surface area contributed by atoms with Crippen LogP contribution in [0, 0.1) is 0 Å². The molecule has 1 aliphatic heterocycles. The first-order valence-electron chi connectivity index (χ1n) is 13.5. The van der Waals surface area contributed by atoms with Crippen LogP contribution < -0.4 is 5.32 Å². The van der Waals surface area contributed by atoms with Crippen molar-refractivity contribution in [1.29, 1.82) is 0 Å². The molecule has 10 nitrogen and oxygen atoms in total. The lowest BCUT2D eigenvalue weighted by molar-refractivity contribution is 0.0989. The van der Waals surface area contributed by atoms with E-state index in [1.807, 2.05) is 65.6 Å². The molecule has 4 aromatic heterocycles. The number of hydrogen-bond donors (Lipinski definition) is 3. The van der Waals surface area contributed by atoms with Gasteiger partial charge in [0.25, 0.3) is 0 Å². The van der Waals surface area contributed by atoms with E-state index in [-0.39, 0.29) is 5.78 Å². The number of H-pyrrole nitrogens is 2. The fourth-order valence-electron chi connectivity index (χ4n) is 5.36. The van der Waals surface area contributed by atoms with Crippen LogP contribution in [0.3, 0.4) is 0 Å². The summed E-state index contributed by atoms with van der Waals surface area (Å²) in [6.07, 6.45) is 9.86. The quantitative estimate of drug-likeness (QED) is 0.244. The molecule has 0 unspecified atom stereocenters. The Balaban J connectivity index is 1.06. The average Bonchev–Trinajstić information content (AvgIpc) is 3.73. The van der Waals surface area contributed by atoms with Gasteiger partial charge in [-0.15, -0.1) is 0 Å². The van der Waals surface area contributed by atoms with E-state index in [4.69, 9.17) is 4.98 Å². The number of piperidine rings is 1. The van der Waals surface area contributed by atoms with Gasteiger partial charge in [0, 0.05) is 46.4 Å². The Bertz CT molecular complexity index is 1820. The maximum atomic E-state index is 13.1. The molecule has 0 amide bonds. The first-order chi connectivity index (χ1) is 19.6. The van der Waals surface area contributed by atoms with Crippen LogP contribution in [0.1, 0.15) is 34.9 Å². The van der Waals surface area contributed by atoms with E-state index in [0.29, 0.717) is 29.8 Å². The van der Waals surface area contributed by atoms with Gasteiger partial charge in [-0.2, -0.15) is 10.2 Å². The highest BCUT2D eigenvalue weighted by Crippen LogP contribution is 2.26. The second-order valence-electron chi connectivity index (χ2n) is 10.5. The van der Waals surface area contributed by atoms with E-state index in [0.717, 1.165) is 64.6 Å². The minimum Gasteiger partial charge on any atom is -0.352 e. The number of nitrogens with one attached hydrogen (secondary N) is 3. The van der Waals surface area contributed by atoms with Crippen molar-refractivity contribution < 1.29 is 4.79 Å². The zero-order valence-electron chi connectivity index (χ0n) is 22.1. The monoisotopic (exact) mass is 531 g/mol. The second-order valence-corrected chi connectivity index (χ2v) is 10.5. The average molecular weight is 532 g/mol. The largest absolute Gasteiger partial charge is 0.352 e. The third kappa shape index (κ3) is 4.85. The molecule has 6 aromatic rings. The molecule has 0 radical (unpaired) electrons. The van der Waals surface area contributed by atoms with Crippen LogP contribution in [0.15, 0.2) is 73.3 Å². The van der Waals surface area contributed by atoms with Crippen molar-refractivity contribution in [3.05, 3.63) is 84.6 Å². The van der Waals surface area contributed by atoms with Gasteiger partial charge in [-0.25, -0.2) is 9.97 Å². The van der Waals surface area contributed by atoms with Gasteiger partial charge in [0.2, 0.25) is 0 Å². The first-order valence-corrected chi connectivity index (χ1v) is 13.5. The van der Waals surface area contributed by atoms with Crippen molar-refractivity contribution in [2.24, 2.45) is 0 Å². The minimum absolute atomic E-state index is 0.0396. The van der Waals surface area contributed by atoms with Crippen LogP contribution in [-0.4, -0.2) is 65.8 Å². The molecule has 0 saturated carbocycles. The molecular formula is C30H29N9O. The molecular weight excluding hydrogens is 502 g/mol. The fourth-order valence-corrected chi connectivity index (χ4v) is 5.36. The molecule has 0 aliphatic carbocycles. The third-order valence-corrected chi connectivity index (χ3v) is 7.63. The summed E-state index contributed by atoms with van der Waals surface area (Å²) in [6.45, 7) is 2.15. The smallest absolute Gasteiger partial charge is 0.183 e. The lowest BCUT2D eigenvalue weighted by Gasteiger charge is -2.28. The predicted octanol–water partition coefficient (Wildman–Crippen LogP) is 5.13. The summed E-state index contributed by atoms with van der Waals surface area (Å²) in [4.78, 5) is 28.0. The van der Waals surface area contributed by atoms with E-state index in [2.05, 4.69) is 42.5 Å². The topological polar surface area (TPSA) is 120 Å². The predicted molar refractivity (Wildman–Crippen MR) is 155 cm³/mol. The van der Waals surface area contributed by atoms with Crippen LogP contribution in [0.2, 0.25) is 0 Å². The molecule has 1 aliphatic rings. The zero-order chi connectivity index (χ0) is 27.1. The van der Waals surface area contributed by atoms with Crippen molar-refractivity contribution in [1.82, 2.24) is 39.8 Å². The number of benzene rings is 2. The third-order valence-electron chi connectivity index (χ3n) is 7.63. The number of carbonyl (C=O) groups excluding carboxylic acids is 1. The lowest BCUT2D eigenvalue weighted by Crippen LogP contribution is -2.31. The number of Topliss-reactive ketones (excluding diaryl/α,β-unsaturated/α-hetero) is 1. The Morgan fingerprint density at radius 2 is 1.93 bits per heavy atom. The Labute approximate surface area is 230 Å². The van der Waals surface area contributed by atoms with Gasteiger partial charge >= 0.3 is 0 Å². The molecule has 0 spiro atoms. The van der Waals surface area contributed by atoms with Gasteiger partial charge in [-0.3, -0.25) is 14.6 Å². The molecule has 5 heterocycles. The molecule has 10 heteroatoms. The Morgan fingerprint density at radius 3 is 2.83 bits per heavy atom. The molecule has 7 rings (SSSR count). The number of rotatable bonds is 7. The summed E-state index contributed by atoms with van der Waals surface area (Å²) in [6, 6.07) is 16.1. The minimum atomic E-state index is 0.0396. The van der Waals surface area contributed by atoms with E-state index in [9.17, 15) is 4.79 Å². The number of likely N-dealkylation sites (tertiary alicyclic amines) is 1. The SMILES string of the molecule is CN1CCC(n2cc(CC(=O)c3cc4ccc(-c5nccc(Nc6ccc7[nH]ncc7c6)n5)cc4[nH]3)cn2)CC1. The summed E-state index contributed by atoms with van der Waals surface area (Å²) in [5.41, 5.74) is 5.15. The fraction of sp³-hybridized carbons (Fsp3) is 0.233. The highest BCUT2D eigenvalue weighted by molar-refractivity contribution is 6.01. The lowest BCUT2D eigenvalue weighted by atomic mass is 10.1. The highest BCUT2D eigenvalue weighted by Gasteiger charge is 2.20. The van der Waals surface area contributed by atoms with E-state index in [1.54, 1.807) is 12.4 Å². The van der Waals surface area contributed by atoms with Crippen molar-refractivity contribution in [2.45, 2.75) is 25.3 Å². The van der Waals surface area contributed by atoms with Crippen LogP contribution in [0.5, 0.6) is 0 Å². The number of anilines is 2. The molecule has 0 bridgehead atoms. The Hall–Kier alpha value is -4.83. The van der Waals surface area contributed by atoms with E-state index < -0.39 is 0 Å².